The van der Waals surface area contributed by atoms with E-state index in [1.165, 1.54) is 36.8 Å². The Hall–Kier alpha value is -3.07. The van der Waals surface area contributed by atoms with Gasteiger partial charge in [-0.15, -0.1) is 15.0 Å². The molecule has 34 heavy (non-hydrogen) atoms. The molecule has 2 N–H and O–H groups in total. The number of fused-ring (bicyclic) bond motifs is 1. The normalized spacial score (nSPS) is 11.8. The zero-order chi connectivity index (χ0) is 24.8. The fraction of sp³-hybridized carbons (Fsp3) is 0.308. The van der Waals surface area contributed by atoms with Gasteiger partial charge in [0.1, 0.15) is 11.0 Å². The van der Waals surface area contributed by atoms with Gasteiger partial charge >= 0.3 is 10.4 Å². The second-order valence-electron chi connectivity index (χ2n) is 8.86. The van der Waals surface area contributed by atoms with E-state index in [-0.39, 0.29) is 5.41 Å². The molecule has 0 aliphatic rings. The van der Waals surface area contributed by atoms with Gasteiger partial charge in [-0.1, -0.05) is 94.6 Å². The Morgan fingerprint density at radius 2 is 1.41 bits per heavy atom. The highest BCUT2D eigenvalue weighted by Crippen LogP contribution is 2.35. The maximum Gasteiger partial charge on any atom is 0.394 e. The van der Waals surface area contributed by atoms with E-state index in [9.17, 15) is 0 Å². The third-order valence-electron chi connectivity index (χ3n) is 5.77. The first-order valence-electron chi connectivity index (χ1n) is 11.3. The molecule has 0 aliphatic heterocycles. The number of benzene rings is 3. The Labute approximate surface area is 201 Å². The summed E-state index contributed by atoms with van der Waals surface area (Å²) in [5, 5.41) is 9.55. The molecule has 3 aromatic carbocycles. The average Bonchev–Trinajstić information content (AvgIpc) is 3.22. The molecule has 7 nitrogen and oxygen atoms in total. The highest BCUT2D eigenvalue weighted by atomic mass is 32.3. The molecular formula is C26H31N3O4S. The first-order chi connectivity index (χ1) is 16.1. The Kier molecular flexibility index (Phi) is 8.19. The molecule has 0 amide bonds. The van der Waals surface area contributed by atoms with Crippen molar-refractivity contribution in [1.82, 2.24) is 15.0 Å². The predicted octanol–water partition coefficient (Wildman–Crippen LogP) is 6.29. The number of nitrogens with zero attached hydrogens (tertiary/aromatic N) is 3. The van der Waals surface area contributed by atoms with Crippen LogP contribution in [0.5, 0.6) is 0 Å². The van der Waals surface area contributed by atoms with Crippen LogP contribution in [0.1, 0.15) is 52.0 Å². The van der Waals surface area contributed by atoms with E-state index in [4.69, 9.17) is 27.7 Å². The monoisotopic (exact) mass is 481 g/mol. The van der Waals surface area contributed by atoms with Gasteiger partial charge in [-0.3, -0.25) is 9.11 Å². The summed E-state index contributed by atoms with van der Waals surface area (Å²) in [5.41, 5.74) is 6.65. The molecule has 0 atom stereocenters. The summed E-state index contributed by atoms with van der Waals surface area (Å²) in [4.78, 5) is 1.80. The Morgan fingerprint density at radius 3 is 1.97 bits per heavy atom. The van der Waals surface area contributed by atoms with Gasteiger partial charge in [0.15, 0.2) is 0 Å². The predicted molar refractivity (Wildman–Crippen MR) is 136 cm³/mol. The van der Waals surface area contributed by atoms with Crippen LogP contribution in [0.4, 0.5) is 0 Å². The Morgan fingerprint density at radius 1 is 0.853 bits per heavy atom. The lowest BCUT2D eigenvalue weighted by molar-refractivity contribution is 0.381. The molecule has 0 bridgehead atoms. The molecule has 0 unspecified atom stereocenters. The fourth-order valence-corrected chi connectivity index (χ4v) is 3.91. The Bertz CT molecular complexity index is 1290. The van der Waals surface area contributed by atoms with Crippen molar-refractivity contribution >= 4 is 21.4 Å². The summed E-state index contributed by atoms with van der Waals surface area (Å²) in [6.45, 7) is 6.95. The topological polar surface area (TPSA) is 105 Å². The summed E-state index contributed by atoms with van der Waals surface area (Å²) in [6.07, 6.45) is 4.96. The summed E-state index contributed by atoms with van der Waals surface area (Å²) >= 11 is 0. The molecule has 0 radical (unpaired) electrons. The maximum atomic E-state index is 8.74. The van der Waals surface area contributed by atoms with Crippen molar-refractivity contribution in [3.05, 3.63) is 78.4 Å². The first-order valence-corrected chi connectivity index (χ1v) is 12.7. The molecule has 0 spiro atoms. The van der Waals surface area contributed by atoms with Crippen LogP contribution in [0.3, 0.4) is 0 Å². The number of rotatable bonds is 7. The van der Waals surface area contributed by atoms with Crippen molar-refractivity contribution in [2.45, 2.75) is 51.9 Å². The average molecular weight is 482 g/mol. The van der Waals surface area contributed by atoms with Crippen molar-refractivity contribution in [3.63, 3.8) is 0 Å². The summed E-state index contributed by atoms with van der Waals surface area (Å²) < 4.78 is 31.6. The van der Waals surface area contributed by atoms with Gasteiger partial charge in [0.25, 0.3) is 0 Å². The third kappa shape index (κ3) is 6.96. The van der Waals surface area contributed by atoms with Crippen molar-refractivity contribution < 1.29 is 17.5 Å². The van der Waals surface area contributed by atoms with Crippen LogP contribution in [0, 0.1) is 0 Å². The Balaban J connectivity index is 0.000000588. The second-order valence-corrected chi connectivity index (χ2v) is 9.76. The molecule has 1 heterocycles. The molecule has 0 saturated carbocycles. The molecule has 4 aromatic rings. The van der Waals surface area contributed by atoms with Crippen LogP contribution >= 0.6 is 0 Å². The molecule has 4 rings (SSSR count). The number of hydrogen-bond acceptors (Lipinski definition) is 4. The molecule has 0 aliphatic carbocycles. The minimum absolute atomic E-state index is 0.117. The van der Waals surface area contributed by atoms with Crippen molar-refractivity contribution in [2.24, 2.45) is 0 Å². The van der Waals surface area contributed by atoms with Crippen LogP contribution in [-0.4, -0.2) is 32.5 Å². The lowest BCUT2D eigenvalue weighted by atomic mass is 9.79. The molecule has 0 fully saturated rings. The summed E-state index contributed by atoms with van der Waals surface area (Å²) in [6, 6.07) is 25.3. The summed E-state index contributed by atoms with van der Waals surface area (Å²) in [5.74, 6) is 0. The van der Waals surface area contributed by atoms with E-state index in [2.05, 4.69) is 69.3 Å². The third-order valence-corrected chi connectivity index (χ3v) is 5.77. The lowest BCUT2D eigenvalue weighted by Gasteiger charge is -2.26. The largest absolute Gasteiger partial charge is 0.394 e. The van der Waals surface area contributed by atoms with E-state index in [1.807, 2.05) is 24.3 Å². The number of unbranched alkanes of at least 4 members (excludes halogenated alkanes) is 2. The minimum Gasteiger partial charge on any atom is -0.264 e. The van der Waals surface area contributed by atoms with Crippen molar-refractivity contribution in [1.29, 1.82) is 0 Å². The van der Waals surface area contributed by atoms with Crippen LogP contribution in [0.25, 0.3) is 27.8 Å². The van der Waals surface area contributed by atoms with E-state index >= 15 is 0 Å². The van der Waals surface area contributed by atoms with Gasteiger partial charge in [0.2, 0.25) is 0 Å². The highest BCUT2D eigenvalue weighted by molar-refractivity contribution is 7.79. The lowest BCUT2D eigenvalue weighted by Crippen LogP contribution is -2.18. The second kappa shape index (κ2) is 10.9. The van der Waals surface area contributed by atoms with Gasteiger partial charge in [0.05, 0.1) is 5.69 Å². The molecule has 1 aromatic heterocycles. The van der Waals surface area contributed by atoms with Gasteiger partial charge in [-0.2, -0.15) is 8.42 Å². The van der Waals surface area contributed by atoms with E-state index < -0.39 is 10.4 Å². The number of hydrogen-bond donors (Lipinski definition) is 2. The maximum absolute atomic E-state index is 8.74. The molecule has 8 heteroatoms. The highest BCUT2D eigenvalue weighted by Gasteiger charge is 2.22. The molecule has 0 saturated heterocycles. The standard InChI is InChI=1S/C26H29N3.H2O4S/c1-4-5-11-18-26(2,3)21-16-17-22(20-12-7-6-8-13-20)25(19-21)29-27-23-14-9-10-15-24(23)28-29;1-5(2,3)4/h6-10,12-17,19H,4-5,11,18H2,1-3H3;(H2,1,2,3,4). The molecular weight excluding hydrogens is 450 g/mol. The first kappa shape index (κ1) is 25.6. The van der Waals surface area contributed by atoms with Gasteiger partial charge in [-0.05, 0) is 41.2 Å². The summed E-state index contributed by atoms with van der Waals surface area (Å²) in [7, 11) is -4.67. The van der Waals surface area contributed by atoms with Crippen molar-refractivity contribution in [2.75, 3.05) is 0 Å². The van der Waals surface area contributed by atoms with Crippen LogP contribution in [0.2, 0.25) is 0 Å². The van der Waals surface area contributed by atoms with Gasteiger partial charge in [-0.25, -0.2) is 0 Å². The van der Waals surface area contributed by atoms with Crippen LogP contribution in [0.15, 0.2) is 72.8 Å². The van der Waals surface area contributed by atoms with Gasteiger partial charge < -0.3 is 0 Å². The SMILES string of the molecule is CCCCCC(C)(C)c1ccc(-c2ccccc2)c(-n2nc3ccccc3n2)c1.O=S(=O)(O)O. The number of aromatic nitrogens is 3. The molecule has 180 valence electrons. The zero-order valence-corrected chi connectivity index (χ0v) is 20.5. The minimum atomic E-state index is -4.67. The smallest absolute Gasteiger partial charge is 0.264 e. The fourth-order valence-electron chi connectivity index (χ4n) is 3.91. The quantitative estimate of drug-likeness (QED) is 0.237. The van der Waals surface area contributed by atoms with Gasteiger partial charge in [0, 0.05) is 5.56 Å². The van der Waals surface area contributed by atoms with E-state index in [1.54, 1.807) is 4.80 Å². The van der Waals surface area contributed by atoms with Crippen LogP contribution in [-0.2, 0) is 15.8 Å². The van der Waals surface area contributed by atoms with E-state index in [0.29, 0.717) is 0 Å². The van der Waals surface area contributed by atoms with E-state index in [0.717, 1.165) is 22.3 Å². The zero-order valence-electron chi connectivity index (χ0n) is 19.7. The van der Waals surface area contributed by atoms with Crippen LogP contribution < -0.4 is 0 Å². The van der Waals surface area contributed by atoms with Crippen molar-refractivity contribution in [3.8, 4) is 16.8 Å².